The average molecular weight is 218 g/mol. The number of aromatic carboxylic acids is 1. The molecule has 1 rings (SSSR count). The van der Waals surface area contributed by atoms with Gasteiger partial charge in [0.25, 0.3) is 0 Å². The molecule has 4 nitrogen and oxygen atoms in total. The van der Waals surface area contributed by atoms with Crippen LogP contribution in [0.3, 0.4) is 0 Å². The lowest BCUT2D eigenvalue weighted by Gasteiger charge is -1.98. The largest absolute Gasteiger partial charge is 0.504 e. The first-order valence-electron chi connectivity index (χ1n) is 2.69. The minimum absolute atomic E-state index is 0.324. The van der Waals surface area contributed by atoms with E-state index in [-0.39, 0.29) is 11.4 Å². The number of hydrogen-bond donors (Lipinski definition) is 2. The molecule has 0 spiro atoms. The van der Waals surface area contributed by atoms with E-state index in [2.05, 4.69) is 20.9 Å². The van der Waals surface area contributed by atoms with E-state index in [4.69, 9.17) is 10.2 Å². The molecule has 2 N–H and O–H groups in total. The van der Waals surface area contributed by atoms with Crippen LogP contribution in [0.1, 0.15) is 10.5 Å². The van der Waals surface area contributed by atoms with E-state index in [0.29, 0.717) is 4.47 Å². The molecule has 5 heteroatoms. The first-order valence-corrected chi connectivity index (χ1v) is 3.49. The predicted molar refractivity (Wildman–Crippen MR) is 40.6 cm³/mol. The van der Waals surface area contributed by atoms with Crippen LogP contribution in [0.4, 0.5) is 0 Å². The van der Waals surface area contributed by atoms with Gasteiger partial charge in [0.15, 0.2) is 11.4 Å². The Balaban J connectivity index is 3.27. The Morgan fingerprint density at radius 3 is 2.73 bits per heavy atom. The Morgan fingerprint density at radius 2 is 2.27 bits per heavy atom. The molecule has 11 heavy (non-hydrogen) atoms. The van der Waals surface area contributed by atoms with Gasteiger partial charge >= 0.3 is 5.97 Å². The van der Waals surface area contributed by atoms with Crippen LogP contribution in [0.2, 0.25) is 0 Å². The summed E-state index contributed by atoms with van der Waals surface area (Å²) in [5.41, 5.74) is -0.348. The molecule has 0 saturated carbocycles. The second-order valence-corrected chi connectivity index (χ2v) is 2.65. The topological polar surface area (TPSA) is 70.4 Å². The van der Waals surface area contributed by atoms with Gasteiger partial charge in [-0.05, 0) is 22.0 Å². The summed E-state index contributed by atoms with van der Waals surface area (Å²) >= 11 is 2.96. The summed E-state index contributed by atoms with van der Waals surface area (Å²) in [6, 6.07) is 1.46. The van der Waals surface area contributed by atoms with Crippen molar-refractivity contribution in [1.29, 1.82) is 0 Å². The smallest absolute Gasteiger partial charge is 0.358 e. The third kappa shape index (κ3) is 1.48. The number of halogens is 1. The number of carboxylic acid groups (broad SMARTS) is 1. The standard InChI is InChI=1S/C6H4BrNO3/c7-3-1-2-8-4(5(3)9)6(10)11/h1-2,9H,(H,10,11). The Hall–Kier alpha value is -1.10. The van der Waals surface area contributed by atoms with Crippen LogP contribution in [0.15, 0.2) is 16.7 Å². The lowest BCUT2D eigenvalue weighted by molar-refractivity contribution is 0.0687. The Kier molecular flexibility index (Phi) is 2.09. The molecule has 0 atom stereocenters. The van der Waals surface area contributed by atoms with Crippen LogP contribution >= 0.6 is 15.9 Å². The van der Waals surface area contributed by atoms with Gasteiger partial charge in [-0.15, -0.1) is 0 Å². The van der Waals surface area contributed by atoms with Crippen LogP contribution < -0.4 is 0 Å². The van der Waals surface area contributed by atoms with Gasteiger partial charge < -0.3 is 10.2 Å². The van der Waals surface area contributed by atoms with Gasteiger partial charge in [0, 0.05) is 6.20 Å². The number of pyridine rings is 1. The van der Waals surface area contributed by atoms with Crippen molar-refractivity contribution in [2.75, 3.05) is 0 Å². The first kappa shape index (κ1) is 8.00. The zero-order chi connectivity index (χ0) is 8.43. The SMILES string of the molecule is O=C(O)c1nccc(Br)c1O. The number of nitrogens with zero attached hydrogens (tertiary/aromatic N) is 1. The highest BCUT2D eigenvalue weighted by Gasteiger charge is 2.12. The van der Waals surface area contributed by atoms with Gasteiger partial charge in [-0.1, -0.05) is 0 Å². The third-order valence-electron chi connectivity index (χ3n) is 1.08. The third-order valence-corrected chi connectivity index (χ3v) is 1.72. The van der Waals surface area contributed by atoms with Crippen molar-refractivity contribution in [2.45, 2.75) is 0 Å². The van der Waals surface area contributed by atoms with Gasteiger partial charge in [-0.25, -0.2) is 9.78 Å². The van der Waals surface area contributed by atoms with Gasteiger partial charge in [-0.2, -0.15) is 0 Å². The number of hydrogen-bond acceptors (Lipinski definition) is 3. The molecule has 0 saturated heterocycles. The van der Waals surface area contributed by atoms with Crippen LogP contribution in [-0.2, 0) is 0 Å². The fraction of sp³-hybridized carbons (Fsp3) is 0. The summed E-state index contributed by atoms with van der Waals surface area (Å²) < 4.78 is 0.324. The molecule has 0 fully saturated rings. The second kappa shape index (κ2) is 2.87. The van der Waals surface area contributed by atoms with E-state index >= 15 is 0 Å². The van der Waals surface area contributed by atoms with E-state index in [1.807, 2.05) is 0 Å². The van der Waals surface area contributed by atoms with Crippen LogP contribution in [0.25, 0.3) is 0 Å². The summed E-state index contributed by atoms with van der Waals surface area (Å²) in [7, 11) is 0. The molecule has 0 amide bonds. The normalized spacial score (nSPS) is 9.55. The quantitative estimate of drug-likeness (QED) is 0.743. The summed E-state index contributed by atoms with van der Waals surface area (Å²) in [5.74, 6) is -1.59. The Labute approximate surface area is 70.6 Å². The zero-order valence-electron chi connectivity index (χ0n) is 5.28. The summed E-state index contributed by atoms with van der Waals surface area (Å²) in [6.45, 7) is 0. The van der Waals surface area contributed by atoms with Crippen molar-refractivity contribution in [2.24, 2.45) is 0 Å². The number of aromatic hydroxyl groups is 1. The fourth-order valence-electron chi connectivity index (χ4n) is 0.587. The molecule has 0 aliphatic carbocycles. The molecule has 0 aliphatic rings. The minimum atomic E-state index is -1.25. The van der Waals surface area contributed by atoms with Crippen LogP contribution in [-0.4, -0.2) is 21.2 Å². The maximum atomic E-state index is 10.3. The molecule has 1 aromatic rings. The predicted octanol–water partition coefficient (Wildman–Crippen LogP) is 1.25. The number of carbonyl (C=O) groups is 1. The average Bonchev–Trinajstić information content (AvgIpc) is 1.94. The van der Waals surface area contributed by atoms with E-state index in [0.717, 1.165) is 0 Å². The Morgan fingerprint density at radius 1 is 1.64 bits per heavy atom. The second-order valence-electron chi connectivity index (χ2n) is 1.80. The maximum absolute atomic E-state index is 10.3. The van der Waals surface area contributed by atoms with Gasteiger partial charge in [0.1, 0.15) is 0 Å². The van der Waals surface area contributed by atoms with Crippen molar-refractivity contribution in [3.63, 3.8) is 0 Å². The molecule has 1 aromatic heterocycles. The maximum Gasteiger partial charge on any atom is 0.358 e. The highest BCUT2D eigenvalue weighted by Crippen LogP contribution is 2.25. The first-order chi connectivity index (χ1) is 5.13. The number of rotatable bonds is 1. The Bertz CT molecular complexity index is 300. The highest BCUT2D eigenvalue weighted by atomic mass is 79.9. The molecule has 0 unspecified atom stereocenters. The lowest BCUT2D eigenvalue weighted by Crippen LogP contribution is -1.99. The molecule has 1 heterocycles. The monoisotopic (exact) mass is 217 g/mol. The minimum Gasteiger partial charge on any atom is -0.504 e. The summed E-state index contributed by atoms with van der Waals surface area (Å²) in [4.78, 5) is 13.8. The van der Waals surface area contributed by atoms with E-state index in [9.17, 15) is 4.79 Å². The number of aromatic nitrogens is 1. The summed E-state index contributed by atoms with van der Waals surface area (Å²) in [5, 5.41) is 17.5. The molecule has 0 bridgehead atoms. The molecule has 0 radical (unpaired) electrons. The van der Waals surface area contributed by atoms with E-state index in [1.54, 1.807) is 0 Å². The molecular formula is C6H4BrNO3. The van der Waals surface area contributed by atoms with Crippen molar-refractivity contribution in [3.05, 3.63) is 22.4 Å². The molecular weight excluding hydrogens is 214 g/mol. The summed E-state index contributed by atoms with van der Waals surface area (Å²) in [6.07, 6.45) is 1.30. The molecule has 0 aliphatic heterocycles. The van der Waals surface area contributed by atoms with Crippen molar-refractivity contribution < 1.29 is 15.0 Å². The van der Waals surface area contributed by atoms with E-state index < -0.39 is 5.97 Å². The number of carboxylic acids is 1. The van der Waals surface area contributed by atoms with Gasteiger partial charge in [0.05, 0.1) is 4.47 Å². The highest BCUT2D eigenvalue weighted by molar-refractivity contribution is 9.10. The van der Waals surface area contributed by atoms with Gasteiger partial charge in [-0.3, -0.25) is 0 Å². The fourth-order valence-corrected chi connectivity index (χ4v) is 0.893. The van der Waals surface area contributed by atoms with Crippen molar-refractivity contribution in [1.82, 2.24) is 4.98 Å². The van der Waals surface area contributed by atoms with Gasteiger partial charge in [0.2, 0.25) is 0 Å². The zero-order valence-corrected chi connectivity index (χ0v) is 6.87. The van der Waals surface area contributed by atoms with Crippen molar-refractivity contribution in [3.8, 4) is 5.75 Å². The molecule has 58 valence electrons. The van der Waals surface area contributed by atoms with Crippen molar-refractivity contribution >= 4 is 21.9 Å². The van der Waals surface area contributed by atoms with Crippen LogP contribution in [0, 0.1) is 0 Å². The van der Waals surface area contributed by atoms with E-state index in [1.165, 1.54) is 12.3 Å². The van der Waals surface area contributed by atoms with Crippen LogP contribution in [0.5, 0.6) is 5.75 Å². The molecule has 0 aromatic carbocycles. The lowest BCUT2D eigenvalue weighted by atomic mass is 10.3.